The Morgan fingerprint density at radius 3 is 1.43 bits per heavy atom. The largest absolute Gasteiger partial charge is 0.387 e. The zero-order valence-corrected chi connectivity index (χ0v) is 17.9. The third-order valence-corrected chi connectivity index (χ3v) is 6.14. The first-order chi connectivity index (χ1) is 14.3. The summed E-state index contributed by atoms with van der Waals surface area (Å²) in [5.74, 6) is 0. The van der Waals surface area contributed by atoms with Crippen molar-refractivity contribution in [1.82, 2.24) is 0 Å². The maximum atomic E-state index is 10.7. The third kappa shape index (κ3) is 4.30. The molecule has 2 N–H and O–H groups in total. The van der Waals surface area contributed by atoms with E-state index in [0.29, 0.717) is 0 Å². The van der Waals surface area contributed by atoms with Crippen molar-refractivity contribution in [1.29, 1.82) is 0 Å². The molecule has 2 fully saturated rings. The molecule has 2 saturated heterocycles. The van der Waals surface area contributed by atoms with Gasteiger partial charge in [-0.15, -0.1) is 0 Å². The molecule has 6 nitrogen and oxygen atoms in total. The van der Waals surface area contributed by atoms with Crippen LogP contribution in [0.25, 0.3) is 0 Å². The van der Waals surface area contributed by atoms with E-state index in [1.54, 1.807) is 0 Å². The van der Waals surface area contributed by atoms with Crippen molar-refractivity contribution in [2.45, 2.75) is 64.7 Å². The van der Waals surface area contributed by atoms with E-state index in [0.717, 1.165) is 22.3 Å². The fourth-order valence-electron chi connectivity index (χ4n) is 3.81. The molecule has 0 radical (unpaired) electrons. The average Bonchev–Trinajstić information content (AvgIpc) is 3.41. The molecule has 6 heteroatoms. The second-order valence-corrected chi connectivity index (χ2v) is 8.35. The highest BCUT2D eigenvalue weighted by Crippen LogP contribution is 2.33. The molecule has 2 aliphatic heterocycles. The summed E-state index contributed by atoms with van der Waals surface area (Å²) in [5.41, 5.74) is 6.49. The minimum absolute atomic E-state index is 0.198. The molecule has 0 aliphatic carbocycles. The summed E-state index contributed by atoms with van der Waals surface area (Å²) >= 11 is 0. The molecule has 2 heterocycles. The maximum Gasteiger partial charge on any atom is 0.184 e. The number of ether oxygens (including phenoxy) is 4. The van der Waals surface area contributed by atoms with Crippen molar-refractivity contribution < 1.29 is 29.2 Å². The van der Waals surface area contributed by atoms with Gasteiger partial charge in [-0.3, -0.25) is 0 Å². The number of aliphatic hydroxyl groups is 2. The van der Waals surface area contributed by atoms with E-state index in [2.05, 4.69) is 0 Å². The first kappa shape index (κ1) is 21.4. The highest BCUT2D eigenvalue weighted by atomic mass is 16.7. The molecule has 162 valence electrons. The second-order valence-electron chi connectivity index (χ2n) is 8.35. The van der Waals surface area contributed by atoms with Crippen molar-refractivity contribution in [2.75, 3.05) is 13.2 Å². The number of aliphatic hydroxyl groups excluding tert-OH is 2. The van der Waals surface area contributed by atoms with Crippen LogP contribution in [-0.2, 0) is 18.9 Å². The predicted octanol–water partition coefficient (Wildman–Crippen LogP) is 3.17. The van der Waals surface area contributed by atoms with Gasteiger partial charge in [0.25, 0.3) is 0 Å². The van der Waals surface area contributed by atoms with Gasteiger partial charge in [0.05, 0.1) is 13.2 Å². The lowest BCUT2D eigenvalue weighted by Crippen LogP contribution is -2.46. The van der Waals surface area contributed by atoms with Crippen molar-refractivity contribution >= 4 is 0 Å². The molecule has 2 aromatic rings. The Morgan fingerprint density at radius 2 is 1.07 bits per heavy atom. The van der Waals surface area contributed by atoms with E-state index >= 15 is 0 Å². The molecule has 0 aromatic heterocycles. The van der Waals surface area contributed by atoms with E-state index in [1.165, 1.54) is 11.1 Å². The Morgan fingerprint density at radius 1 is 0.667 bits per heavy atom. The minimum Gasteiger partial charge on any atom is -0.387 e. The van der Waals surface area contributed by atoms with Gasteiger partial charge in [0.2, 0.25) is 0 Å². The monoisotopic (exact) mass is 414 g/mol. The molecule has 0 bridgehead atoms. The fraction of sp³-hybridized carbons (Fsp3) is 0.500. The van der Waals surface area contributed by atoms with Gasteiger partial charge in [-0.2, -0.15) is 0 Å². The summed E-state index contributed by atoms with van der Waals surface area (Å²) in [4.78, 5) is 0. The molecule has 0 saturated carbocycles. The average molecular weight is 414 g/mol. The molecular formula is C24H30O6. The fourth-order valence-corrected chi connectivity index (χ4v) is 3.81. The van der Waals surface area contributed by atoms with Gasteiger partial charge in [-0.05, 0) is 49.9 Å². The topological polar surface area (TPSA) is 77.4 Å². The Hall–Kier alpha value is -1.80. The number of rotatable bonds is 5. The molecule has 30 heavy (non-hydrogen) atoms. The SMILES string of the molecule is Cc1ccc(C2OC[C@@H]([C@@H](O)[C@H](O)[C@H]3COC(c4ccc(C)c(C)c4)O3)O2)cc1C. The number of hydrogen-bond donors (Lipinski definition) is 2. The minimum atomic E-state index is -1.14. The summed E-state index contributed by atoms with van der Waals surface area (Å²) in [7, 11) is 0. The Bertz CT molecular complexity index is 824. The van der Waals surface area contributed by atoms with Gasteiger partial charge in [0, 0.05) is 11.1 Å². The number of aryl methyl sites for hydroxylation is 4. The van der Waals surface area contributed by atoms with Crippen molar-refractivity contribution in [2.24, 2.45) is 0 Å². The Labute approximate surface area is 177 Å². The highest BCUT2D eigenvalue weighted by Gasteiger charge is 2.42. The van der Waals surface area contributed by atoms with Crippen LogP contribution >= 0.6 is 0 Å². The van der Waals surface area contributed by atoms with Gasteiger partial charge in [-0.25, -0.2) is 0 Å². The summed E-state index contributed by atoms with van der Waals surface area (Å²) in [6.07, 6.45) is -4.69. The molecule has 2 unspecified atom stereocenters. The van der Waals surface area contributed by atoms with E-state index in [-0.39, 0.29) is 13.2 Å². The zero-order valence-electron chi connectivity index (χ0n) is 17.9. The zero-order chi connectivity index (χ0) is 21.4. The van der Waals surface area contributed by atoms with E-state index in [9.17, 15) is 10.2 Å². The van der Waals surface area contributed by atoms with Crippen molar-refractivity contribution in [3.8, 4) is 0 Å². The Kier molecular flexibility index (Phi) is 6.25. The second kappa shape index (κ2) is 8.75. The summed E-state index contributed by atoms with van der Waals surface area (Å²) in [6, 6.07) is 12.0. The van der Waals surface area contributed by atoms with E-state index < -0.39 is 37.0 Å². The van der Waals surface area contributed by atoms with Crippen LogP contribution in [0.4, 0.5) is 0 Å². The molecule has 4 rings (SSSR count). The summed E-state index contributed by atoms with van der Waals surface area (Å²) in [6.45, 7) is 8.56. The molecule has 0 amide bonds. The van der Waals surface area contributed by atoms with E-state index in [1.807, 2.05) is 64.1 Å². The van der Waals surface area contributed by atoms with Crippen molar-refractivity contribution in [3.63, 3.8) is 0 Å². The summed E-state index contributed by atoms with van der Waals surface area (Å²) in [5, 5.41) is 21.4. The van der Waals surface area contributed by atoms with Gasteiger partial charge < -0.3 is 29.2 Å². The van der Waals surface area contributed by atoms with Gasteiger partial charge in [-0.1, -0.05) is 36.4 Å². The van der Waals surface area contributed by atoms with Crippen LogP contribution in [0.1, 0.15) is 46.0 Å². The van der Waals surface area contributed by atoms with E-state index in [4.69, 9.17) is 18.9 Å². The Balaban J connectivity index is 1.36. The molecule has 0 spiro atoms. The molecule has 2 aliphatic rings. The lowest BCUT2D eigenvalue weighted by molar-refractivity contribution is -0.141. The normalized spacial score (nSPS) is 28.6. The van der Waals surface area contributed by atoms with Crippen LogP contribution < -0.4 is 0 Å². The third-order valence-electron chi connectivity index (χ3n) is 6.14. The lowest BCUT2D eigenvalue weighted by atomic mass is 10.0. The lowest BCUT2D eigenvalue weighted by Gasteiger charge is -2.26. The van der Waals surface area contributed by atoms with Crippen LogP contribution in [0.5, 0.6) is 0 Å². The number of benzene rings is 2. The highest BCUT2D eigenvalue weighted by molar-refractivity contribution is 5.31. The predicted molar refractivity (Wildman–Crippen MR) is 111 cm³/mol. The first-order valence-corrected chi connectivity index (χ1v) is 10.4. The standard InChI is InChI=1S/C24H30O6/c1-13-5-7-17(9-15(13)3)23-27-11-19(29-23)21(25)22(26)20-12-28-24(30-20)18-8-6-14(2)16(4)10-18/h5-10,19-26H,11-12H2,1-4H3/t19-,20+,21-,22-,23?,24?/m1/s1. The van der Waals surface area contributed by atoms with Gasteiger partial charge in [0.15, 0.2) is 12.6 Å². The van der Waals surface area contributed by atoms with Crippen LogP contribution in [0.2, 0.25) is 0 Å². The van der Waals surface area contributed by atoms with Crippen LogP contribution in [0.15, 0.2) is 36.4 Å². The summed E-state index contributed by atoms with van der Waals surface area (Å²) < 4.78 is 23.3. The maximum absolute atomic E-state index is 10.7. The van der Waals surface area contributed by atoms with Gasteiger partial charge in [0.1, 0.15) is 24.4 Å². The van der Waals surface area contributed by atoms with Crippen LogP contribution in [-0.4, -0.2) is 47.8 Å². The first-order valence-electron chi connectivity index (χ1n) is 10.4. The van der Waals surface area contributed by atoms with Crippen molar-refractivity contribution in [3.05, 3.63) is 69.8 Å². The van der Waals surface area contributed by atoms with Crippen LogP contribution in [0, 0.1) is 27.7 Å². The molecule has 6 atom stereocenters. The molecule has 2 aromatic carbocycles. The quantitative estimate of drug-likeness (QED) is 0.783. The smallest absolute Gasteiger partial charge is 0.184 e. The number of hydrogen-bond acceptors (Lipinski definition) is 6. The van der Waals surface area contributed by atoms with Crippen LogP contribution in [0.3, 0.4) is 0 Å². The van der Waals surface area contributed by atoms with Gasteiger partial charge >= 0.3 is 0 Å². The molecular weight excluding hydrogens is 384 g/mol.